The standard InChI is InChI=1S/C14H12N2O5/c1-2-10-3-8-14(13(9-10)16(19)20)21-12-6-4-11(5-7-12)15(17)18/h3-9H,2H2,1H3. The Hall–Kier alpha value is -2.96. The average Bonchev–Trinajstić information content (AvgIpc) is 2.48. The Morgan fingerprint density at radius 1 is 1.00 bits per heavy atom. The smallest absolute Gasteiger partial charge is 0.311 e. The number of ether oxygens (including phenoxy) is 1. The van der Waals surface area contributed by atoms with E-state index in [0.717, 1.165) is 5.56 Å². The third-order valence-electron chi connectivity index (χ3n) is 2.90. The van der Waals surface area contributed by atoms with Gasteiger partial charge in [-0.15, -0.1) is 0 Å². The van der Waals surface area contributed by atoms with Crippen LogP contribution in [-0.4, -0.2) is 9.85 Å². The third kappa shape index (κ3) is 3.33. The number of nitrogens with zero attached hydrogens (tertiary/aromatic N) is 2. The topological polar surface area (TPSA) is 95.5 Å². The molecule has 0 aliphatic heterocycles. The van der Waals surface area contributed by atoms with Gasteiger partial charge in [-0.1, -0.05) is 13.0 Å². The van der Waals surface area contributed by atoms with Gasteiger partial charge in [-0.25, -0.2) is 0 Å². The molecule has 0 fully saturated rings. The van der Waals surface area contributed by atoms with Gasteiger partial charge in [0.25, 0.3) is 5.69 Å². The molecule has 0 spiro atoms. The molecule has 0 atom stereocenters. The summed E-state index contributed by atoms with van der Waals surface area (Å²) in [6.07, 6.45) is 0.679. The second kappa shape index (κ2) is 6.00. The van der Waals surface area contributed by atoms with Gasteiger partial charge in [0.15, 0.2) is 0 Å². The minimum Gasteiger partial charge on any atom is -0.450 e. The summed E-state index contributed by atoms with van der Waals surface area (Å²) in [5.74, 6) is 0.402. The van der Waals surface area contributed by atoms with E-state index in [9.17, 15) is 20.2 Å². The highest BCUT2D eigenvalue weighted by atomic mass is 16.6. The molecule has 21 heavy (non-hydrogen) atoms. The van der Waals surface area contributed by atoms with Crippen LogP contribution in [-0.2, 0) is 6.42 Å². The van der Waals surface area contributed by atoms with Crippen LogP contribution in [0.1, 0.15) is 12.5 Å². The molecule has 0 amide bonds. The second-order valence-corrected chi connectivity index (χ2v) is 4.27. The summed E-state index contributed by atoms with van der Waals surface area (Å²) in [4.78, 5) is 20.6. The molecule has 0 unspecified atom stereocenters. The van der Waals surface area contributed by atoms with Gasteiger partial charge in [0.05, 0.1) is 9.85 Å². The number of rotatable bonds is 5. The van der Waals surface area contributed by atoms with Gasteiger partial charge in [0.2, 0.25) is 5.75 Å². The van der Waals surface area contributed by atoms with E-state index in [4.69, 9.17) is 4.74 Å². The Kier molecular flexibility index (Phi) is 4.13. The fourth-order valence-electron chi connectivity index (χ4n) is 1.77. The van der Waals surface area contributed by atoms with Crippen molar-refractivity contribution in [2.45, 2.75) is 13.3 Å². The zero-order valence-electron chi connectivity index (χ0n) is 11.2. The van der Waals surface area contributed by atoms with Crippen molar-refractivity contribution >= 4 is 11.4 Å². The summed E-state index contributed by atoms with van der Waals surface area (Å²) in [6, 6.07) is 10.1. The number of aryl methyl sites for hydroxylation is 1. The minimum absolute atomic E-state index is 0.0711. The molecular formula is C14H12N2O5. The van der Waals surface area contributed by atoms with Crippen molar-refractivity contribution in [3.63, 3.8) is 0 Å². The molecule has 0 saturated carbocycles. The van der Waals surface area contributed by atoms with E-state index in [2.05, 4.69) is 0 Å². The highest BCUT2D eigenvalue weighted by molar-refractivity contribution is 5.51. The molecule has 0 bridgehead atoms. The van der Waals surface area contributed by atoms with E-state index in [-0.39, 0.29) is 17.1 Å². The molecule has 0 radical (unpaired) electrons. The van der Waals surface area contributed by atoms with E-state index in [1.807, 2.05) is 6.92 Å². The SMILES string of the molecule is CCc1ccc(Oc2ccc([N+](=O)[O-])cc2)c([N+](=O)[O-])c1. The zero-order valence-corrected chi connectivity index (χ0v) is 11.2. The molecule has 2 rings (SSSR count). The molecule has 0 N–H and O–H groups in total. The fraction of sp³-hybridized carbons (Fsp3) is 0.143. The predicted molar refractivity (Wildman–Crippen MR) is 75.6 cm³/mol. The van der Waals surface area contributed by atoms with Crippen molar-refractivity contribution in [1.29, 1.82) is 0 Å². The molecule has 2 aromatic carbocycles. The lowest BCUT2D eigenvalue weighted by Gasteiger charge is -2.07. The first-order valence-corrected chi connectivity index (χ1v) is 6.21. The molecule has 0 aliphatic rings. The molecule has 7 heteroatoms. The lowest BCUT2D eigenvalue weighted by molar-refractivity contribution is -0.385. The van der Waals surface area contributed by atoms with Crippen LogP contribution in [0, 0.1) is 20.2 Å². The lowest BCUT2D eigenvalue weighted by Crippen LogP contribution is -1.95. The van der Waals surface area contributed by atoms with Crippen molar-refractivity contribution < 1.29 is 14.6 Å². The van der Waals surface area contributed by atoms with Gasteiger partial charge < -0.3 is 4.74 Å². The maximum absolute atomic E-state index is 11.1. The van der Waals surface area contributed by atoms with Crippen molar-refractivity contribution in [1.82, 2.24) is 0 Å². The van der Waals surface area contributed by atoms with Gasteiger partial charge in [-0.2, -0.15) is 0 Å². The average molecular weight is 288 g/mol. The molecule has 0 saturated heterocycles. The number of hydrogen-bond donors (Lipinski definition) is 0. The van der Waals surface area contributed by atoms with Crippen LogP contribution < -0.4 is 4.74 Å². The van der Waals surface area contributed by atoms with E-state index in [1.54, 1.807) is 6.07 Å². The van der Waals surface area contributed by atoms with E-state index in [0.29, 0.717) is 12.2 Å². The van der Waals surface area contributed by atoms with Crippen LogP contribution in [0.15, 0.2) is 42.5 Å². The number of benzene rings is 2. The molecule has 0 aromatic heterocycles. The quantitative estimate of drug-likeness (QED) is 0.614. The molecule has 0 aliphatic carbocycles. The first-order valence-electron chi connectivity index (χ1n) is 6.21. The number of nitro benzene ring substituents is 2. The number of nitro groups is 2. The molecule has 108 valence electrons. The van der Waals surface area contributed by atoms with Crippen LogP contribution in [0.5, 0.6) is 11.5 Å². The zero-order chi connectivity index (χ0) is 15.4. The molecule has 0 heterocycles. The highest BCUT2D eigenvalue weighted by Crippen LogP contribution is 2.32. The first kappa shape index (κ1) is 14.4. The summed E-state index contributed by atoms with van der Waals surface area (Å²) in [5.41, 5.74) is 0.628. The van der Waals surface area contributed by atoms with Crippen LogP contribution in [0.3, 0.4) is 0 Å². The van der Waals surface area contributed by atoms with Gasteiger partial charge in [-0.05, 0) is 30.2 Å². The van der Waals surface area contributed by atoms with Crippen molar-refractivity contribution in [2.75, 3.05) is 0 Å². The molecule has 7 nitrogen and oxygen atoms in total. The van der Waals surface area contributed by atoms with Crippen molar-refractivity contribution in [2.24, 2.45) is 0 Å². The van der Waals surface area contributed by atoms with Gasteiger partial charge >= 0.3 is 5.69 Å². The first-order chi connectivity index (χ1) is 10.0. The van der Waals surface area contributed by atoms with Gasteiger partial charge in [0.1, 0.15) is 5.75 Å². The largest absolute Gasteiger partial charge is 0.450 e. The van der Waals surface area contributed by atoms with Crippen molar-refractivity contribution in [3.05, 3.63) is 68.3 Å². The highest BCUT2D eigenvalue weighted by Gasteiger charge is 2.16. The van der Waals surface area contributed by atoms with E-state index in [1.165, 1.54) is 36.4 Å². The van der Waals surface area contributed by atoms with Gasteiger partial charge in [0, 0.05) is 18.2 Å². The molecular weight excluding hydrogens is 276 g/mol. The van der Waals surface area contributed by atoms with Crippen molar-refractivity contribution in [3.8, 4) is 11.5 Å². The lowest BCUT2D eigenvalue weighted by atomic mass is 10.1. The summed E-state index contributed by atoms with van der Waals surface area (Å²) in [6.45, 7) is 1.90. The van der Waals surface area contributed by atoms with E-state index < -0.39 is 9.85 Å². The Labute approximate surface area is 120 Å². The van der Waals surface area contributed by atoms with Crippen LogP contribution >= 0.6 is 0 Å². The van der Waals surface area contributed by atoms with Gasteiger partial charge in [-0.3, -0.25) is 20.2 Å². The summed E-state index contributed by atoms with van der Waals surface area (Å²) < 4.78 is 5.44. The molecule has 2 aromatic rings. The van der Waals surface area contributed by atoms with E-state index >= 15 is 0 Å². The Morgan fingerprint density at radius 2 is 1.67 bits per heavy atom. The third-order valence-corrected chi connectivity index (χ3v) is 2.90. The monoisotopic (exact) mass is 288 g/mol. The Balaban J connectivity index is 2.30. The summed E-state index contributed by atoms with van der Waals surface area (Å²) in [7, 11) is 0. The predicted octanol–water partition coefficient (Wildman–Crippen LogP) is 3.86. The fourth-order valence-corrected chi connectivity index (χ4v) is 1.77. The second-order valence-electron chi connectivity index (χ2n) is 4.27. The maximum atomic E-state index is 11.1. The normalized spacial score (nSPS) is 10.1. The maximum Gasteiger partial charge on any atom is 0.311 e. The number of hydrogen-bond acceptors (Lipinski definition) is 5. The van der Waals surface area contributed by atoms with Crippen LogP contribution in [0.4, 0.5) is 11.4 Å². The minimum atomic E-state index is -0.526. The number of non-ortho nitro benzene ring substituents is 1. The summed E-state index contributed by atoms with van der Waals surface area (Å²) in [5, 5.41) is 21.6. The van der Waals surface area contributed by atoms with Crippen LogP contribution in [0.2, 0.25) is 0 Å². The Bertz CT molecular complexity index is 682. The Morgan fingerprint density at radius 3 is 2.19 bits per heavy atom. The van der Waals surface area contributed by atoms with Crippen LogP contribution in [0.25, 0.3) is 0 Å². The summed E-state index contributed by atoms with van der Waals surface area (Å²) >= 11 is 0.